The van der Waals surface area contributed by atoms with E-state index in [0.29, 0.717) is 12.5 Å². The molecule has 1 N–H and O–H groups in total. The van der Waals surface area contributed by atoms with E-state index < -0.39 is 12.1 Å². The number of carbonyl (C=O) groups excluding carboxylic acids is 1. The maximum atomic E-state index is 12.8. The number of likely N-dealkylation sites (tertiary alicyclic amines) is 1. The second-order valence-corrected chi connectivity index (χ2v) is 7.94. The molecular formula is C21H25F3N2O5. The average molecular weight is 442 g/mol. The van der Waals surface area contributed by atoms with Gasteiger partial charge in [0.1, 0.15) is 5.75 Å². The highest BCUT2D eigenvalue weighted by Gasteiger charge is 2.50. The molecule has 0 radical (unpaired) electrons. The van der Waals surface area contributed by atoms with E-state index in [0.717, 1.165) is 51.1 Å². The number of amides is 1. The van der Waals surface area contributed by atoms with Crippen LogP contribution in [-0.2, 0) is 14.3 Å². The third-order valence-corrected chi connectivity index (χ3v) is 5.84. The summed E-state index contributed by atoms with van der Waals surface area (Å²) in [6, 6.07) is 3.80. The van der Waals surface area contributed by atoms with Crippen molar-refractivity contribution in [2.24, 2.45) is 11.3 Å². The van der Waals surface area contributed by atoms with Gasteiger partial charge in [0.05, 0.1) is 24.3 Å². The Bertz CT molecular complexity index is 794. The number of aromatic nitrogens is 1. The molecule has 2 atom stereocenters. The van der Waals surface area contributed by atoms with Crippen molar-refractivity contribution in [3.8, 4) is 5.75 Å². The predicted molar refractivity (Wildman–Crippen MR) is 103 cm³/mol. The molecule has 4 rings (SSSR count). The normalized spacial score (nSPS) is 25.5. The number of ether oxygens (including phenoxy) is 2. The molecule has 0 bridgehead atoms. The molecule has 3 aliphatic rings. The van der Waals surface area contributed by atoms with Crippen LogP contribution in [0.15, 0.2) is 36.7 Å². The fraction of sp³-hybridized carbons (Fsp3) is 0.571. The van der Waals surface area contributed by atoms with Gasteiger partial charge in [0, 0.05) is 31.8 Å². The molecule has 0 spiro atoms. The van der Waals surface area contributed by atoms with E-state index in [1.165, 1.54) is 0 Å². The van der Waals surface area contributed by atoms with E-state index in [2.05, 4.69) is 22.0 Å². The number of piperidine rings is 1. The lowest BCUT2D eigenvalue weighted by Gasteiger charge is -2.44. The molecule has 1 amide bonds. The van der Waals surface area contributed by atoms with Gasteiger partial charge in [-0.1, -0.05) is 12.2 Å². The first-order valence-electron chi connectivity index (χ1n) is 10.1. The number of carboxylic acid groups (broad SMARTS) is 1. The molecule has 0 saturated carbocycles. The fourth-order valence-electron chi connectivity index (χ4n) is 4.18. The summed E-state index contributed by atoms with van der Waals surface area (Å²) >= 11 is 0. The Balaban J connectivity index is 0.000000339. The number of nitrogens with zero attached hydrogens (tertiary/aromatic N) is 2. The van der Waals surface area contributed by atoms with Crippen molar-refractivity contribution in [2.75, 3.05) is 26.3 Å². The molecule has 2 saturated heterocycles. The van der Waals surface area contributed by atoms with Gasteiger partial charge in [0.15, 0.2) is 0 Å². The zero-order chi connectivity index (χ0) is 22.5. The number of hydrogen-bond donors (Lipinski definition) is 1. The fourth-order valence-corrected chi connectivity index (χ4v) is 4.18. The second kappa shape index (κ2) is 9.67. The molecule has 0 aromatic carbocycles. The van der Waals surface area contributed by atoms with Gasteiger partial charge in [-0.15, -0.1) is 0 Å². The van der Waals surface area contributed by atoms with Crippen LogP contribution in [0.1, 0.15) is 25.7 Å². The summed E-state index contributed by atoms with van der Waals surface area (Å²) in [5, 5.41) is 7.12. The quantitative estimate of drug-likeness (QED) is 0.721. The Labute approximate surface area is 177 Å². The van der Waals surface area contributed by atoms with Crippen LogP contribution >= 0.6 is 0 Å². The first-order chi connectivity index (χ1) is 14.7. The third kappa shape index (κ3) is 5.75. The number of halogens is 3. The van der Waals surface area contributed by atoms with Crippen LogP contribution in [0.4, 0.5) is 13.2 Å². The van der Waals surface area contributed by atoms with Crippen molar-refractivity contribution in [3.63, 3.8) is 0 Å². The van der Waals surface area contributed by atoms with Gasteiger partial charge >= 0.3 is 12.1 Å². The standard InChI is InChI=1S/C19H24N2O3.C2HF3O2/c22-18(15-4-1-2-5-15)21-10-7-17-19(13-21,8-11-23-17)14-24-16-6-3-9-20-12-16;3-2(4,5)1(6)7/h1-3,6,9,12,15,17H,4-5,7-8,10-11,13-14H2;(H,6,7)/t17-,19+;/m1./s1. The molecule has 170 valence electrons. The highest BCUT2D eigenvalue weighted by molar-refractivity contribution is 5.80. The number of allylic oxidation sites excluding steroid dienone is 2. The number of carboxylic acids is 1. The van der Waals surface area contributed by atoms with Gasteiger partial charge < -0.3 is 19.5 Å². The van der Waals surface area contributed by atoms with Crippen LogP contribution in [0.25, 0.3) is 0 Å². The van der Waals surface area contributed by atoms with Crippen LogP contribution in [-0.4, -0.2) is 65.5 Å². The minimum Gasteiger partial charge on any atom is -0.491 e. The third-order valence-electron chi connectivity index (χ3n) is 5.84. The Kier molecular flexibility index (Phi) is 7.19. The summed E-state index contributed by atoms with van der Waals surface area (Å²) in [5.74, 6) is -1.54. The number of hydrogen-bond acceptors (Lipinski definition) is 5. The summed E-state index contributed by atoms with van der Waals surface area (Å²) < 4.78 is 43.7. The van der Waals surface area contributed by atoms with Crippen LogP contribution in [0, 0.1) is 11.3 Å². The number of alkyl halides is 3. The number of fused-ring (bicyclic) bond motifs is 1. The van der Waals surface area contributed by atoms with Crippen LogP contribution in [0.3, 0.4) is 0 Å². The Morgan fingerprint density at radius 2 is 2.03 bits per heavy atom. The minimum absolute atomic E-state index is 0.0875. The second-order valence-electron chi connectivity index (χ2n) is 7.94. The van der Waals surface area contributed by atoms with E-state index in [4.69, 9.17) is 19.4 Å². The van der Waals surface area contributed by atoms with Crippen molar-refractivity contribution < 1.29 is 37.3 Å². The minimum atomic E-state index is -5.08. The summed E-state index contributed by atoms with van der Waals surface area (Å²) in [6.07, 6.45) is 6.45. The Morgan fingerprint density at radius 3 is 2.65 bits per heavy atom. The average Bonchev–Trinajstić information content (AvgIpc) is 3.42. The van der Waals surface area contributed by atoms with Crippen molar-refractivity contribution in [3.05, 3.63) is 36.7 Å². The Morgan fingerprint density at radius 1 is 1.32 bits per heavy atom. The topological polar surface area (TPSA) is 89.0 Å². The van der Waals surface area contributed by atoms with Gasteiger partial charge in [-0.25, -0.2) is 4.79 Å². The molecule has 1 aromatic heterocycles. The summed E-state index contributed by atoms with van der Waals surface area (Å²) in [6.45, 7) is 2.88. The lowest BCUT2D eigenvalue weighted by atomic mass is 9.77. The van der Waals surface area contributed by atoms with Crippen molar-refractivity contribution >= 4 is 11.9 Å². The van der Waals surface area contributed by atoms with E-state index in [-0.39, 0.29) is 17.4 Å². The number of pyridine rings is 1. The molecule has 3 heterocycles. The monoisotopic (exact) mass is 442 g/mol. The maximum absolute atomic E-state index is 12.8. The van der Waals surface area contributed by atoms with Crippen LogP contribution < -0.4 is 4.74 Å². The maximum Gasteiger partial charge on any atom is 0.490 e. The lowest BCUT2D eigenvalue weighted by molar-refractivity contribution is -0.192. The smallest absolute Gasteiger partial charge is 0.490 e. The van der Waals surface area contributed by atoms with Crippen LogP contribution in [0.5, 0.6) is 5.75 Å². The Hall–Kier alpha value is -2.62. The number of carbonyl (C=O) groups is 2. The molecule has 7 nitrogen and oxygen atoms in total. The molecular weight excluding hydrogens is 417 g/mol. The lowest BCUT2D eigenvalue weighted by Crippen LogP contribution is -2.55. The van der Waals surface area contributed by atoms with Gasteiger partial charge in [-0.2, -0.15) is 13.2 Å². The van der Waals surface area contributed by atoms with Gasteiger partial charge in [0.25, 0.3) is 0 Å². The molecule has 2 fully saturated rings. The molecule has 10 heteroatoms. The largest absolute Gasteiger partial charge is 0.491 e. The first-order valence-corrected chi connectivity index (χ1v) is 10.1. The molecule has 1 aliphatic carbocycles. The number of aliphatic carboxylic acids is 1. The van der Waals surface area contributed by atoms with E-state index in [1.807, 2.05) is 12.1 Å². The zero-order valence-electron chi connectivity index (χ0n) is 16.9. The summed E-state index contributed by atoms with van der Waals surface area (Å²) in [5.41, 5.74) is -0.0875. The molecule has 1 aromatic rings. The molecule has 0 unspecified atom stereocenters. The predicted octanol–water partition coefficient (Wildman–Crippen LogP) is 3.07. The van der Waals surface area contributed by atoms with Gasteiger partial charge in [-0.3, -0.25) is 9.78 Å². The highest BCUT2D eigenvalue weighted by Crippen LogP contribution is 2.42. The summed E-state index contributed by atoms with van der Waals surface area (Å²) in [7, 11) is 0. The van der Waals surface area contributed by atoms with Crippen LogP contribution in [0.2, 0.25) is 0 Å². The van der Waals surface area contributed by atoms with Crippen molar-refractivity contribution in [1.82, 2.24) is 9.88 Å². The number of rotatable bonds is 4. The molecule has 2 aliphatic heterocycles. The van der Waals surface area contributed by atoms with Gasteiger partial charge in [0.2, 0.25) is 5.91 Å². The zero-order valence-corrected chi connectivity index (χ0v) is 16.9. The van der Waals surface area contributed by atoms with Crippen molar-refractivity contribution in [1.29, 1.82) is 0 Å². The van der Waals surface area contributed by atoms with E-state index in [1.54, 1.807) is 12.4 Å². The summed E-state index contributed by atoms with van der Waals surface area (Å²) in [4.78, 5) is 27.8. The first kappa shape index (κ1) is 23.1. The highest BCUT2D eigenvalue weighted by atomic mass is 19.4. The van der Waals surface area contributed by atoms with Crippen molar-refractivity contribution in [2.45, 2.75) is 38.0 Å². The van der Waals surface area contributed by atoms with E-state index >= 15 is 0 Å². The molecule has 31 heavy (non-hydrogen) atoms. The SMILES string of the molecule is O=C(C1CC=CC1)N1CC[C@H]2OCC[C@@]2(COc2cccnc2)C1.O=C(O)C(F)(F)F. The van der Waals surface area contributed by atoms with E-state index in [9.17, 15) is 18.0 Å². The van der Waals surface area contributed by atoms with Gasteiger partial charge in [-0.05, 0) is 37.8 Å².